The summed E-state index contributed by atoms with van der Waals surface area (Å²) in [4.78, 5) is 0. The number of anilines is 2. The van der Waals surface area contributed by atoms with Crippen LogP contribution in [0.25, 0.3) is 16.9 Å². The second-order valence-electron chi connectivity index (χ2n) is 7.33. The van der Waals surface area contributed by atoms with Gasteiger partial charge in [0.2, 0.25) is 15.7 Å². The molecule has 10 nitrogen and oxygen atoms in total. The lowest BCUT2D eigenvalue weighted by Gasteiger charge is -2.15. The summed E-state index contributed by atoms with van der Waals surface area (Å²) in [6.07, 6.45) is 0. The van der Waals surface area contributed by atoms with Crippen LogP contribution < -0.4 is 14.8 Å². The topological polar surface area (TPSA) is 134 Å². The summed E-state index contributed by atoms with van der Waals surface area (Å²) in [5.41, 5.74) is 1.62. The quantitative estimate of drug-likeness (QED) is 0.349. The zero-order valence-electron chi connectivity index (χ0n) is 18.6. The highest BCUT2D eigenvalue weighted by molar-refractivity contribution is 7.92. The average Bonchev–Trinajstić information content (AvgIpc) is 3.20. The highest BCUT2D eigenvalue weighted by atomic mass is 32.2. The third-order valence-corrected chi connectivity index (χ3v) is 6.21. The van der Waals surface area contributed by atoms with Crippen LogP contribution in [0.2, 0.25) is 0 Å². The molecule has 0 fully saturated rings. The summed E-state index contributed by atoms with van der Waals surface area (Å²) < 4.78 is 61.5. The third-order valence-electron chi connectivity index (χ3n) is 4.91. The van der Waals surface area contributed by atoms with E-state index < -0.39 is 21.7 Å². The van der Waals surface area contributed by atoms with Crippen molar-refractivity contribution in [1.82, 2.24) is 19.8 Å². The Balaban J connectivity index is 1.89. The van der Waals surface area contributed by atoms with Gasteiger partial charge in [0.05, 0.1) is 23.2 Å². The molecule has 2 N–H and O–H groups in total. The predicted molar refractivity (Wildman–Crippen MR) is 125 cm³/mol. The molecule has 35 heavy (non-hydrogen) atoms. The number of hydrogen-bond donors (Lipinski definition) is 2. The highest BCUT2D eigenvalue weighted by Gasteiger charge is 2.18. The molecule has 0 atom stereocenters. The Hall–Kier alpha value is -4.31. The Bertz CT molecular complexity index is 1570. The first kappa shape index (κ1) is 23.8. The molecule has 2 aromatic carbocycles. The molecule has 2 heterocycles. The molecule has 180 valence electrons. The predicted octanol–water partition coefficient (Wildman–Crippen LogP) is 3.87. The summed E-state index contributed by atoms with van der Waals surface area (Å²) in [5, 5.41) is 24.5. The Morgan fingerprint density at radius 2 is 1.89 bits per heavy atom. The van der Waals surface area contributed by atoms with Gasteiger partial charge in [0.1, 0.15) is 18.1 Å². The molecule has 0 saturated carbocycles. The lowest BCUT2D eigenvalue weighted by atomic mass is 10.1. The van der Waals surface area contributed by atoms with Gasteiger partial charge in [0.25, 0.3) is 0 Å². The Kier molecular flexibility index (Phi) is 6.48. The third kappa shape index (κ3) is 5.12. The molecule has 2 aromatic heterocycles. The van der Waals surface area contributed by atoms with Crippen LogP contribution in [-0.4, -0.2) is 40.5 Å². The SMILES string of the molecule is CCS(=O)(=O)Nc1ccc(Oc2ccc(F)cc2F)c(-c2cc(NCC#N)c3nnc(C)n3n2)c1. The summed E-state index contributed by atoms with van der Waals surface area (Å²) >= 11 is 0. The largest absolute Gasteiger partial charge is 0.454 e. The Morgan fingerprint density at radius 1 is 1.11 bits per heavy atom. The van der Waals surface area contributed by atoms with Crippen molar-refractivity contribution in [1.29, 1.82) is 5.26 Å². The minimum Gasteiger partial charge on any atom is -0.454 e. The van der Waals surface area contributed by atoms with Gasteiger partial charge in [-0.25, -0.2) is 17.2 Å². The molecule has 0 saturated heterocycles. The molecule has 0 spiro atoms. The monoisotopic (exact) mass is 499 g/mol. The van der Waals surface area contributed by atoms with Crippen LogP contribution in [0, 0.1) is 29.9 Å². The lowest BCUT2D eigenvalue weighted by molar-refractivity contribution is 0.439. The maximum Gasteiger partial charge on any atom is 0.232 e. The zero-order chi connectivity index (χ0) is 25.2. The smallest absolute Gasteiger partial charge is 0.232 e. The molecule has 0 amide bonds. The second kappa shape index (κ2) is 9.51. The van der Waals surface area contributed by atoms with E-state index in [2.05, 4.69) is 25.3 Å². The molecule has 0 unspecified atom stereocenters. The van der Waals surface area contributed by atoms with Crippen molar-refractivity contribution in [3.05, 3.63) is 59.9 Å². The van der Waals surface area contributed by atoms with Crippen molar-refractivity contribution in [2.24, 2.45) is 0 Å². The fourth-order valence-electron chi connectivity index (χ4n) is 3.19. The molecule has 4 rings (SSSR count). The van der Waals surface area contributed by atoms with E-state index in [1.807, 2.05) is 6.07 Å². The van der Waals surface area contributed by atoms with E-state index in [0.717, 1.165) is 12.1 Å². The van der Waals surface area contributed by atoms with Crippen molar-refractivity contribution < 1.29 is 21.9 Å². The van der Waals surface area contributed by atoms with Crippen molar-refractivity contribution in [3.8, 4) is 28.8 Å². The number of hydrogen-bond acceptors (Lipinski definition) is 8. The van der Waals surface area contributed by atoms with Crippen molar-refractivity contribution in [2.45, 2.75) is 13.8 Å². The van der Waals surface area contributed by atoms with Crippen LogP contribution in [0.5, 0.6) is 11.5 Å². The molecule has 13 heteroatoms. The number of aryl methyl sites for hydroxylation is 1. The molecule has 4 aromatic rings. The molecular formula is C22H19F2N7O3S. The number of halogens is 2. The maximum absolute atomic E-state index is 14.3. The van der Waals surface area contributed by atoms with Crippen LogP contribution in [0.15, 0.2) is 42.5 Å². The minimum absolute atomic E-state index is 0.0223. The van der Waals surface area contributed by atoms with Crippen molar-refractivity contribution in [3.63, 3.8) is 0 Å². The molecule has 0 aliphatic carbocycles. The van der Waals surface area contributed by atoms with Crippen LogP contribution in [0.4, 0.5) is 20.2 Å². The van der Waals surface area contributed by atoms with Crippen LogP contribution in [0.3, 0.4) is 0 Å². The van der Waals surface area contributed by atoms with E-state index in [4.69, 9.17) is 10.00 Å². The Labute approximate surface area is 199 Å². The standard InChI is InChI=1S/C22H19F2N7O3S/c1-3-35(32,33)30-15-5-7-20(34-21-6-4-14(23)10-17(21)24)16(11-15)18-12-19(26-9-8-25)22-28-27-13(2)31(22)29-18/h4-7,10-12,26,30H,3,9H2,1-2H3. The summed E-state index contributed by atoms with van der Waals surface area (Å²) in [6, 6.07) is 10.8. The highest BCUT2D eigenvalue weighted by Crippen LogP contribution is 2.37. The first-order valence-corrected chi connectivity index (χ1v) is 12.0. The van der Waals surface area contributed by atoms with Gasteiger partial charge in [0, 0.05) is 17.3 Å². The van der Waals surface area contributed by atoms with E-state index in [9.17, 15) is 17.2 Å². The van der Waals surface area contributed by atoms with Crippen molar-refractivity contribution in [2.75, 3.05) is 22.3 Å². The number of nitriles is 1. The van der Waals surface area contributed by atoms with Gasteiger partial charge in [-0.2, -0.15) is 14.9 Å². The zero-order valence-corrected chi connectivity index (χ0v) is 19.4. The number of nitrogens with one attached hydrogen (secondary N) is 2. The Morgan fingerprint density at radius 3 is 2.60 bits per heavy atom. The number of sulfonamides is 1. The van der Waals surface area contributed by atoms with E-state index in [1.165, 1.54) is 29.6 Å². The summed E-state index contributed by atoms with van der Waals surface area (Å²) in [5.74, 6) is -1.48. The van der Waals surface area contributed by atoms with Gasteiger partial charge in [-0.1, -0.05) is 0 Å². The first-order valence-electron chi connectivity index (χ1n) is 10.3. The molecule has 0 aliphatic rings. The number of aromatic nitrogens is 4. The number of fused-ring (bicyclic) bond motifs is 1. The van der Waals surface area contributed by atoms with Gasteiger partial charge in [-0.15, -0.1) is 10.2 Å². The van der Waals surface area contributed by atoms with E-state index in [-0.39, 0.29) is 35.2 Å². The fraction of sp³-hybridized carbons (Fsp3) is 0.182. The van der Waals surface area contributed by atoms with Gasteiger partial charge in [-0.05, 0) is 50.2 Å². The van der Waals surface area contributed by atoms with Gasteiger partial charge in [0.15, 0.2) is 17.4 Å². The fourth-order valence-corrected chi connectivity index (χ4v) is 3.82. The number of ether oxygens (including phenoxy) is 1. The van der Waals surface area contributed by atoms with E-state index >= 15 is 0 Å². The maximum atomic E-state index is 14.3. The van der Waals surface area contributed by atoms with Gasteiger partial charge >= 0.3 is 0 Å². The van der Waals surface area contributed by atoms with Crippen LogP contribution in [0.1, 0.15) is 12.7 Å². The van der Waals surface area contributed by atoms with Crippen LogP contribution in [-0.2, 0) is 10.0 Å². The number of nitrogens with zero attached hydrogens (tertiary/aromatic N) is 5. The molecule has 0 bridgehead atoms. The number of rotatable bonds is 8. The molecular weight excluding hydrogens is 480 g/mol. The van der Waals surface area contributed by atoms with Gasteiger partial charge in [-0.3, -0.25) is 4.72 Å². The summed E-state index contributed by atoms with van der Waals surface area (Å²) in [6.45, 7) is 3.16. The average molecular weight is 500 g/mol. The second-order valence-corrected chi connectivity index (χ2v) is 9.34. The van der Waals surface area contributed by atoms with E-state index in [1.54, 1.807) is 13.0 Å². The summed E-state index contributed by atoms with van der Waals surface area (Å²) in [7, 11) is -3.59. The van der Waals surface area contributed by atoms with Crippen molar-refractivity contribution >= 4 is 27.0 Å². The van der Waals surface area contributed by atoms with Crippen LogP contribution >= 0.6 is 0 Å². The van der Waals surface area contributed by atoms with E-state index in [0.29, 0.717) is 28.8 Å². The minimum atomic E-state index is -3.59. The first-order chi connectivity index (χ1) is 16.7. The molecule has 0 aliphatic heterocycles. The number of benzene rings is 2. The lowest BCUT2D eigenvalue weighted by Crippen LogP contribution is -2.14. The normalized spacial score (nSPS) is 11.3. The molecule has 0 radical (unpaired) electrons. The van der Waals surface area contributed by atoms with Gasteiger partial charge < -0.3 is 10.1 Å².